The normalized spacial score (nSPS) is 10.7. The van der Waals surface area contributed by atoms with Crippen molar-refractivity contribution in [3.63, 3.8) is 0 Å². The Bertz CT molecular complexity index is 724. The number of nitrogens with two attached hydrogens (primary N) is 1. The van der Waals surface area contributed by atoms with Crippen LogP contribution in [-0.4, -0.2) is 25.3 Å². The van der Waals surface area contributed by atoms with Crippen LogP contribution >= 0.6 is 0 Å². The molecule has 3 rings (SSSR count). The van der Waals surface area contributed by atoms with E-state index in [4.69, 9.17) is 15.7 Å². The Morgan fingerprint density at radius 1 is 1.25 bits per heavy atom. The van der Waals surface area contributed by atoms with E-state index >= 15 is 0 Å². The van der Waals surface area contributed by atoms with Gasteiger partial charge in [-0.15, -0.1) is 0 Å². The van der Waals surface area contributed by atoms with Gasteiger partial charge in [-0.25, -0.2) is 5.84 Å². The third-order valence-corrected chi connectivity index (χ3v) is 2.72. The molecule has 8 heteroatoms. The van der Waals surface area contributed by atoms with E-state index in [1.54, 1.807) is 30.5 Å². The number of hydrazine groups is 1. The highest BCUT2D eigenvalue weighted by atomic mass is 16.5. The molecule has 8 nitrogen and oxygen atoms in total. The van der Waals surface area contributed by atoms with Crippen LogP contribution in [-0.2, 0) is 6.61 Å². The molecule has 0 aliphatic carbocycles. The second-order valence-electron chi connectivity index (χ2n) is 4.03. The molecular formula is C12H12N6O2. The molecule has 0 spiro atoms. The largest absolute Gasteiger partial charge is 0.438 e. The molecule has 0 atom stereocenters. The highest BCUT2D eigenvalue weighted by Crippen LogP contribution is 2.27. The maximum absolute atomic E-state index is 9.00. The van der Waals surface area contributed by atoms with Gasteiger partial charge in [0.05, 0.1) is 12.8 Å². The van der Waals surface area contributed by atoms with Crippen molar-refractivity contribution in [1.82, 2.24) is 20.2 Å². The average Bonchev–Trinajstić information content (AvgIpc) is 2.96. The number of anilines is 1. The fourth-order valence-corrected chi connectivity index (χ4v) is 1.73. The fraction of sp³-hybridized carbons (Fsp3) is 0.0833. The van der Waals surface area contributed by atoms with E-state index in [0.29, 0.717) is 22.7 Å². The van der Waals surface area contributed by atoms with E-state index < -0.39 is 0 Å². The lowest BCUT2D eigenvalue weighted by Gasteiger charge is -2.07. The van der Waals surface area contributed by atoms with Crippen molar-refractivity contribution in [2.75, 3.05) is 5.43 Å². The lowest BCUT2D eigenvalue weighted by molar-refractivity contribution is 0.281. The zero-order valence-electron chi connectivity index (χ0n) is 10.4. The number of aliphatic hydroxyl groups is 1. The van der Waals surface area contributed by atoms with Crippen molar-refractivity contribution in [2.24, 2.45) is 5.84 Å². The van der Waals surface area contributed by atoms with Gasteiger partial charge < -0.3 is 9.84 Å². The number of nitrogen functional groups attached to an aromatic ring is 1. The van der Waals surface area contributed by atoms with E-state index in [2.05, 4.69) is 25.6 Å². The summed E-state index contributed by atoms with van der Waals surface area (Å²) in [5.41, 5.74) is 3.70. The van der Waals surface area contributed by atoms with E-state index in [9.17, 15) is 0 Å². The number of nitrogens with one attached hydrogen (secondary N) is 2. The predicted molar refractivity (Wildman–Crippen MR) is 71.9 cm³/mol. The van der Waals surface area contributed by atoms with Crippen molar-refractivity contribution in [1.29, 1.82) is 0 Å². The molecule has 102 valence electrons. The summed E-state index contributed by atoms with van der Waals surface area (Å²) in [5.74, 6) is 6.47. The first-order valence-corrected chi connectivity index (χ1v) is 5.85. The van der Waals surface area contributed by atoms with Gasteiger partial charge in [-0.3, -0.25) is 10.5 Å². The van der Waals surface area contributed by atoms with E-state index in [0.717, 1.165) is 5.56 Å². The Labute approximate surface area is 113 Å². The molecule has 0 saturated carbocycles. The van der Waals surface area contributed by atoms with Gasteiger partial charge in [-0.2, -0.15) is 15.1 Å². The lowest BCUT2D eigenvalue weighted by Crippen LogP contribution is -2.10. The molecule has 0 radical (unpaired) electrons. The van der Waals surface area contributed by atoms with Gasteiger partial charge in [-0.05, 0) is 17.7 Å². The number of hydrogen-bond donors (Lipinski definition) is 4. The molecule has 0 aliphatic rings. The van der Waals surface area contributed by atoms with Gasteiger partial charge in [-0.1, -0.05) is 12.1 Å². The van der Waals surface area contributed by atoms with Crippen LogP contribution < -0.4 is 16.0 Å². The molecule has 0 amide bonds. The summed E-state index contributed by atoms with van der Waals surface area (Å²) in [6, 6.07) is 7.03. The molecule has 3 aromatic rings. The summed E-state index contributed by atoms with van der Waals surface area (Å²) >= 11 is 0. The first-order valence-electron chi connectivity index (χ1n) is 5.85. The van der Waals surface area contributed by atoms with Crippen molar-refractivity contribution in [3.8, 4) is 11.6 Å². The van der Waals surface area contributed by atoms with Crippen molar-refractivity contribution in [2.45, 2.75) is 6.61 Å². The lowest BCUT2D eigenvalue weighted by atomic mass is 10.2. The van der Waals surface area contributed by atoms with E-state index in [1.165, 1.54) is 0 Å². The van der Waals surface area contributed by atoms with Crippen LogP contribution in [0.25, 0.3) is 11.0 Å². The molecule has 0 saturated heterocycles. The molecule has 20 heavy (non-hydrogen) atoms. The maximum atomic E-state index is 9.00. The second kappa shape index (κ2) is 5.11. The number of benzene rings is 1. The summed E-state index contributed by atoms with van der Waals surface area (Å²) in [7, 11) is 0. The van der Waals surface area contributed by atoms with Gasteiger partial charge in [0.2, 0.25) is 11.8 Å². The SMILES string of the molecule is NNc1nc(Oc2ccc(CO)cc2)c2cn[nH]c2n1. The average molecular weight is 272 g/mol. The Hall–Kier alpha value is -2.71. The molecule has 0 bridgehead atoms. The van der Waals surface area contributed by atoms with E-state index in [1.807, 2.05) is 0 Å². The molecule has 2 heterocycles. The minimum Gasteiger partial charge on any atom is -0.438 e. The summed E-state index contributed by atoms with van der Waals surface area (Å²) in [5, 5.41) is 16.3. The second-order valence-corrected chi connectivity index (χ2v) is 4.03. The molecule has 5 N–H and O–H groups in total. The fourth-order valence-electron chi connectivity index (χ4n) is 1.73. The number of rotatable bonds is 4. The molecule has 0 aliphatic heterocycles. The summed E-state index contributed by atoms with van der Waals surface area (Å²) in [4.78, 5) is 8.26. The number of fused-ring (bicyclic) bond motifs is 1. The summed E-state index contributed by atoms with van der Waals surface area (Å²) in [6.45, 7) is -0.0129. The standard InChI is InChI=1S/C12H12N6O2/c13-17-12-15-10-9(5-14-18-10)11(16-12)20-8-3-1-7(6-19)2-4-8/h1-5,19H,6,13H2,(H2,14,15,16,17,18). The topological polar surface area (TPSA) is 122 Å². The number of ether oxygens (including phenoxy) is 1. The molecular weight excluding hydrogens is 260 g/mol. The third-order valence-electron chi connectivity index (χ3n) is 2.72. The molecule has 0 unspecified atom stereocenters. The van der Waals surface area contributed by atoms with Crippen molar-refractivity contribution in [3.05, 3.63) is 36.0 Å². The van der Waals surface area contributed by atoms with Gasteiger partial charge in [0.15, 0.2) is 5.65 Å². The van der Waals surface area contributed by atoms with Crippen molar-refractivity contribution < 1.29 is 9.84 Å². The van der Waals surface area contributed by atoms with Crippen LogP contribution in [0.15, 0.2) is 30.5 Å². The van der Waals surface area contributed by atoms with Crippen LogP contribution in [0.3, 0.4) is 0 Å². The van der Waals surface area contributed by atoms with Crippen LogP contribution in [0.2, 0.25) is 0 Å². The number of H-pyrrole nitrogens is 1. The zero-order valence-corrected chi connectivity index (χ0v) is 10.4. The van der Waals surface area contributed by atoms with Gasteiger partial charge in [0, 0.05) is 0 Å². The number of aromatic amines is 1. The van der Waals surface area contributed by atoms with Crippen LogP contribution in [0.4, 0.5) is 5.95 Å². The summed E-state index contributed by atoms with van der Waals surface area (Å²) in [6.07, 6.45) is 1.58. The van der Waals surface area contributed by atoms with Crippen molar-refractivity contribution >= 4 is 17.0 Å². The van der Waals surface area contributed by atoms with Crippen LogP contribution in [0.1, 0.15) is 5.56 Å². The van der Waals surface area contributed by atoms with Gasteiger partial charge in [0.25, 0.3) is 0 Å². The van der Waals surface area contributed by atoms with Gasteiger partial charge >= 0.3 is 0 Å². The predicted octanol–water partition coefficient (Wildman–Crippen LogP) is 0.923. The highest BCUT2D eigenvalue weighted by Gasteiger charge is 2.11. The minimum absolute atomic E-state index is 0.0129. The number of nitrogens with zero attached hydrogens (tertiary/aromatic N) is 3. The van der Waals surface area contributed by atoms with Crippen LogP contribution in [0, 0.1) is 0 Å². The number of hydrogen-bond acceptors (Lipinski definition) is 7. The zero-order chi connectivity index (χ0) is 13.9. The Balaban J connectivity index is 1.98. The first kappa shape index (κ1) is 12.3. The molecule has 2 aromatic heterocycles. The quantitative estimate of drug-likeness (QED) is 0.411. The van der Waals surface area contributed by atoms with Gasteiger partial charge in [0.1, 0.15) is 11.1 Å². The number of aromatic nitrogens is 4. The third kappa shape index (κ3) is 2.25. The Kier molecular flexibility index (Phi) is 3.15. The smallest absolute Gasteiger partial charge is 0.242 e. The summed E-state index contributed by atoms with van der Waals surface area (Å²) < 4.78 is 5.70. The molecule has 1 aromatic carbocycles. The van der Waals surface area contributed by atoms with E-state index in [-0.39, 0.29) is 12.6 Å². The molecule has 0 fully saturated rings. The number of aliphatic hydroxyl groups excluding tert-OH is 1. The monoisotopic (exact) mass is 272 g/mol. The Morgan fingerprint density at radius 2 is 2.05 bits per heavy atom. The highest BCUT2D eigenvalue weighted by molar-refractivity contribution is 5.80. The minimum atomic E-state index is -0.0129. The Morgan fingerprint density at radius 3 is 2.75 bits per heavy atom. The van der Waals surface area contributed by atoms with Crippen LogP contribution in [0.5, 0.6) is 11.6 Å². The maximum Gasteiger partial charge on any atom is 0.242 e. The first-order chi connectivity index (χ1) is 9.80.